The second-order valence-corrected chi connectivity index (χ2v) is 6.83. The molecule has 2 aromatic rings. The summed E-state index contributed by atoms with van der Waals surface area (Å²) < 4.78 is 20.7. The molecule has 0 radical (unpaired) electrons. The summed E-state index contributed by atoms with van der Waals surface area (Å²) in [6, 6.07) is 10.4. The molecule has 0 aromatic heterocycles. The summed E-state index contributed by atoms with van der Waals surface area (Å²) in [4.78, 5) is 12.7. The van der Waals surface area contributed by atoms with Crippen LogP contribution in [0, 0.1) is 0 Å². The largest absolute Gasteiger partial charge is 0.507 e. The fourth-order valence-corrected chi connectivity index (χ4v) is 2.61. The Morgan fingerprint density at radius 1 is 1.00 bits per heavy atom. The van der Waals surface area contributed by atoms with Gasteiger partial charge in [-0.05, 0) is 55.7 Å². The second-order valence-electron chi connectivity index (χ2n) is 6.83. The summed E-state index contributed by atoms with van der Waals surface area (Å²) in [6.07, 6.45) is 5.73. The van der Waals surface area contributed by atoms with E-state index < -0.39 is 0 Å². The van der Waals surface area contributed by atoms with Gasteiger partial charge in [-0.15, -0.1) is 0 Å². The van der Waals surface area contributed by atoms with Gasteiger partial charge in [0.1, 0.15) is 17.2 Å². The molecule has 0 heterocycles. The van der Waals surface area contributed by atoms with Crippen LogP contribution >= 0.6 is 0 Å². The summed E-state index contributed by atoms with van der Waals surface area (Å²) in [6.45, 7) is 4.22. The molecule has 30 heavy (non-hydrogen) atoms. The molecule has 6 nitrogen and oxygen atoms in total. The number of aromatic hydroxyl groups is 1. The maximum atomic E-state index is 12.7. The van der Waals surface area contributed by atoms with Crippen LogP contribution in [0.5, 0.6) is 17.2 Å². The Morgan fingerprint density at radius 2 is 1.67 bits per heavy atom. The molecule has 0 saturated heterocycles. The molecule has 2 aromatic carbocycles. The number of phenols is 1. The SMILES string of the molecule is COCOc1ccc(/C=C/C(=O)c2cc(CC=C(C)C)c(OCOC)cc2O)cc1. The van der Waals surface area contributed by atoms with E-state index in [4.69, 9.17) is 18.9 Å². The molecule has 0 saturated carbocycles. The molecule has 2 rings (SSSR count). The van der Waals surface area contributed by atoms with Crippen molar-refractivity contribution in [2.75, 3.05) is 27.8 Å². The third-order valence-electron chi connectivity index (χ3n) is 4.16. The first kappa shape index (κ1) is 23.2. The van der Waals surface area contributed by atoms with Gasteiger partial charge in [-0.25, -0.2) is 0 Å². The maximum Gasteiger partial charge on any atom is 0.189 e. The molecule has 0 fully saturated rings. The van der Waals surface area contributed by atoms with Crippen LogP contribution in [0.1, 0.15) is 35.3 Å². The lowest BCUT2D eigenvalue weighted by molar-refractivity contribution is 0.0503. The van der Waals surface area contributed by atoms with Crippen LogP contribution in [-0.2, 0) is 15.9 Å². The van der Waals surface area contributed by atoms with Gasteiger partial charge in [0.25, 0.3) is 0 Å². The van der Waals surface area contributed by atoms with Crippen LogP contribution in [0.25, 0.3) is 6.08 Å². The van der Waals surface area contributed by atoms with E-state index in [2.05, 4.69) is 0 Å². The number of phenolic OH excluding ortho intramolecular Hbond substituents is 1. The average Bonchev–Trinajstić information content (AvgIpc) is 2.74. The number of ketones is 1. The van der Waals surface area contributed by atoms with Crippen LogP contribution in [0.15, 0.2) is 54.1 Å². The van der Waals surface area contributed by atoms with Gasteiger partial charge < -0.3 is 24.1 Å². The predicted octanol–water partition coefficient (Wildman–Crippen LogP) is 4.76. The Bertz CT molecular complexity index is 893. The molecule has 0 unspecified atom stereocenters. The van der Waals surface area contributed by atoms with E-state index in [0.29, 0.717) is 17.9 Å². The molecule has 160 valence electrons. The minimum absolute atomic E-state index is 0.0541. The Labute approximate surface area is 177 Å². The Balaban J connectivity index is 2.21. The first-order chi connectivity index (χ1) is 14.4. The molecule has 0 bridgehead atoms. The minimum atomic E-state index is -0.302. The molecule has 6 heteroatoms. The van der Waals surface area contributed by atoms with Gasteiger partial charge >= 0.3 is 0 Å². The van der Waals surface area contributed by atoms with E-state index in [1.54, 1.807) is 31.4 Å². The highest BCUT2D eigenvalue weighted by Crippen LogP contribution is 2.30. The van der Waals surface area contributed by atoms with E-state index in [0.717, 1.165) is 16.7 Å². The van der Waals surface area contributed by atoms with Crippen molar-refractivity contribution in [3.8, 4) is 17.2 Å². The highest BCUT2D eigenvalue weighted by molar-refractivity contribution is 6.08. The van der Waals surface area contributed by atoms with E-state index in [9.17, 15) is 9.90 Å². The number of benzene rings is 2. The number of rotatable bonds is 11. The normalized spacial score (nSPS) is 10.8. The first-order valence-corrected chi connectivity index (χ1v) is 9.49. The maximum absolute atomic E-state index is 12.7. The van der Waals surface area contributed by atoms with Gasteiger partial charge in [0.15, 0.2) is 19.4 Å². The topological polar surface area (TPSA) is 74.2 Å². The number of hydrogen-bond donors (Lipinski definition) is 1. The molecule has 0 aliphatic heterocycles. The van der Waals surface area contributed by atoms with Gasteiger partial charge in [0, 0.05) is 20.3 Å². The Hall–Kier alpha value is -3.09. The van der Waals surface area contributed by atoms with Crippen LogP contribution in [0.4, 0.5) is 0 Å². The molecule has 0 aliphatic carbocycles. The van der Waals surface area contributed by atoms with Crippen molar-refractivity contribution < 1.29 is 28.8 Å². The molecule has 0 aliphatic rings. The summed E-state index contributed by atoms with van der Waals surface area (Å²) in [5, 5.41) is 10.4. The zero-order chi connectivity index (χ0) is 21.9. The number of allylic oxidation sites excluding steroid dienone is 3. The molecule has 1 N–H and O–H groups in total. The molecule has 0 atom stereocenters. The van der Waals surface area contributed by atoms with Crippen molar-refractivity contribution in [3.63, 3.8) is 0 Å². The fraction of sp³-hybridized carbons (Fsp3) is 0.292. The molecule has 0 amide bonds. The van der Waals surface area contributed by atoms with Crippen molar-refractivity contribution in [1.82, 2.24) is 0 Å². The number of methoxy groups -OCH3 is 2. The number of carbonyl (C=O) groups excluding carboxylic acids is 1. The van der Waals surface area contributed by atoms with Crippen LogP contribution in [0.3, 0.4) is 0 Å². The lowest BCUT2D eigenvalue weighted by Gasteiger charge is -2.12. The summed E-state index contributed by atoms with van der Waals surface area (Å²) >= 11 is 0. The number of ether oxygens (including phenoxy) is 4. The minimum Gasteiger partial charge on any atom is -0.507 e. The van der Waals surface area contributed by atoms with E-state index in [1.165, 1.54) is 19.3 Å². The molecular weight excluding hydrogens is 384 g/mol. The second kappa shape index (κ2) is 11.8. The number of hydrogen-bond acceptors (Lipinski definition) is 6. The van der Waals surface area contributed by atoms with E-state index in [1.807, 2.05) is 32.1 Å². The fourth-order valence-electron chi connectivity index (χ4n) is 2.61. The highest BCUT2D eigenvalue weighted by atomic mass is 16.7. The lowest BCUT2D eigenvalue weighted by Crippen LogP contribution is -2.04. The standard InChI is InChI=1S/C24H28O6/c1-17(2)5-9-19-13-21(23(26)14-24(19)30-16-28-4)22(25)12-8-18-6-10-20(11-7-18)29-15-27-3/h5-8,10-14,26H,9,15-16H2,1-4H3/b12-8+. The molecule has 0 spiro atoms. The van der Waals surface area contributed by atoms with Crippen molar-refractivity contribution >= 4 is 11.9 Å². The zero-order valence-electron chi connectivity index (χ0n) is 17.8. The quantitative estimate of drug-likeness (QED) is 0.248. The summed E-state index contributed by atoms with van der Waals surface area (Å²) in [5.74, 6) is 0.719. The van der Waals surface area contributed by atoms with E-state index in [-0.39, 0.29) is 30.7 Å². The predicted molar refractivity (Wildman–Crippen MR) is 116 cm³/mol. The van der Waals surface area contributed by atoms with Crippen LogP contribution < -0.4 is 9.47 Å². The van der Waals surface area contributed by atoms with Gasteiger partial charge in [-0.2, -0.15) is 0 Å². The van der Waals surface area contributed by atoms with Gasteiger partial charge in [0.05, 0.1) is 5.56 Å². The van der Waals surface area contributed by atoms with Gasteiger partial charge in [-0.1, -0.05) is 29.9 Å². The molecular formula is C24H28O6. The highest BCUT2D eigenvalue weighted by Gasteiger charge is 2.14. The average molecular weight is 412 g/mol. The van der Waals surface area contributed by atoms with Crippen molar-refractivity contribution in [2.24, 2.45) is 0 Å². The first-order valence-electron chi connectivity index (χ1n) is 9.49. The summed E-state index contributed by atoms with van der Waals surface area (Å²) in [7, 11) is 3.08. The van der Waals surface area contributed by atoms with Gasteiger partial charge in [-0.3, -0.25) is 4.79 Å². The van der Waals surface area contributed by atoms with Crippen LogP contribution in [0.2, 0.25) is 0 Å². The monoisotopic (exact) mass is 412 g/mol. The Morgan fingerprint density at radius 3 is 2.30 bits per heavy atom. The summed E-state index contributed by atoms with van der Waals surface area (Å²) in [5.41, 5.74) is 2.99. The smallest absolute Gasteiger partial charge is 0.189 e. The Kier molecular flexibility index (Phi) is 9.12. The third kappa shape index (κ3) is 7.06. The van der Waals surface area contributed by atoms with Gasteiger partial charge in [0.2, 0.25) is 0 Å². The van der Waals surface area contributed by atoms with Crippen molar-refractivity contribution in [2.45, 2.75) is 20.3 Å². The van der Waals surface area contributed by atoms with E-state index >= 15 is 0 Å². The third-order valence-corrected chi connectivity index (χ3v) is 4.16. The number of carbonyl (C=O) groups is 1. The lowest BCUT2D eigenvalue weighted by atomic mass is 10.0. The van der Waals surface area contributed by atoms with Crippen LogP contribution in [-0.4, -0.2) is 38.7 Å². The van der Waals surface area contributed by atoms with Crippen molar-refractivity contribution in [3.05, 3.63) is 70.8 Å². The van der Waals surface area contributed by atoms with Crippen molar-refractivity contribution in [1.29, 1.82) is 0 Å². The zero-order valence-corrected chi connectivity index (χ0v) is 17.8.